The zero-order valence-corrected chi connectivity index (χ0v) is 12.5. The first-order chi connectivity index (χ1) is 9.66. The Morgan fingerprint density at radius 3 is 3.05 bits per heavy atom. The van der Waals surface area contributed by atoms with Gasteiger partial charge in [0, 0.05) is 23.9 Å². The molecule has 1 saturated heterocycles. The van der Waals surface area contributed by atoms with E-state index in [1.54, 1.807) is 11.3 Å². The third kappa shape index (κ3) is 2.38. The molecule has 1 fully saturated rings. The minimum absolute atomic E-state index is 0.0543. The zero-order chi connectivity index (χ0) is 14.1. The summed E-state index contributed by atoms with van der Waals surface area (Å²) in [5.41, 5.74) is 1.66. The summed E-state index contributed by atoms with van der Waals surface area (Å²) in [5.74, 6) is 1.30. The molecule has 3 heterocycles. The predicted molar refractivity (Wildman–Crippen MR) is 77.9 cm³/mol. The Labute approximate surface area is 122 Å². The van der Waals surface area contributed by atoms with Crippen LogP contribution in [0.1, 0.15) is 60.5 Å². The first-order valence-electron chi connectivity index (χ1n) is 6.96. The van der Waals surface area contributed by atoms with Crippen molar-refractivity contribution in [3.05, 3.63) is 39.9 Å². The lowest BCUT2D eigenvalue weighted by atomic mass is 10.1. The van der Waals surface area contributed by atoms with Crippen LogP contribution in [0.2, 0.25) is 0 Å². The number of nitrogens with zero attached hydrogens (tertiary/aromatic N) is 2. The molecule has 1 amide bonds. The standard InChI is InChI=1S/C15H18N2O2S/c1-10(2)14-8-12(16-19-14)13-4-3-6-17(13)15(18)11-5-7-20-9-11/h5,7-10,13H,3-4,6H2,1-2H3/t13-/m1/s1. The molecule has 1 aliphatic rings. The molecule has 0 radical (unpaired) electrons. The highest BCUT2D eigenvalue weighted by Gasteiger charge is 2.33. The molecule has 20 heavy (non-hydrogen) atoms. The molecule has 5 heteroatoms. The van der Waals surface area contributed by atoms with Gasteiger partial charge in [-0.2, -0.15) is 11.3 Å². The van der Waals surface area contributed by atoms with E-state index in [9.17, 15) is 4.79 Å². The lowest BCUT2D eigenvalue weighted by molar-refractivity contribution is 0.0731. The monoisotopic (exact) mass is 290 g/mol. The summed E-state index contributed by atoms with van der Waals surface area (Å²) >= 11 is 1.55. The van der Waals surface area contributed by atoms with E-state index in [1.165, 1.54) is 0 Å². The van der Waals surface area contributed by atoms with Gasteiger partial charge in [0.05, 0.1) is 11.6 Å². The summed E-state index contributed by atoms with van der Waals surface area (Å²) in [6, 6.07) is 3.93. The summed E-state index contributed by atoms with van der Waals surface area (Å²) in [5, 5.41) is 8.01. The predicted octanol–water partition coefficient (Wildman–Crippen LogP) is 3.84. The fraction of sp³-hybridized carbons (Fsp3) is 0.467. The molecule has 0 aliphatic carbocycles. The van der Waals surface area contributed by atoms with E-state index in [-0.39, 0.29) is 11.9 Å². The molecule has 2 aromatic rings. The second-order valence-corrected chi connectivity index (χ2v) is 6.26. The minimum Gasteiger partial charge on any atom is -0.361 e. The van der Waals surface area contributed by atoms with Crippen LogP contribution in [-0.4, -0.2) is 22.5 Å². The molecule has 1 aliphatic heterocycles. The summed E-state index contributed by atoms with van der Waals surface area (Å²) in [6.45, 7) is 4.95. The number of thiophene rings is 1. The van der Waals surface area contributed by atoms with Gasteiger partial charge in [-0.25, -0.2) is 0 Å². The topological polar surface area (TPSA) is 46.3 Å². The van der Waals surface area contributed by atoms with Crippen LogP contribution in [0.25, 0.3) is 0 Å². The maximum atomic E-state index is 12.5. The maximum Gasteiger partial charge on any atom is 0.255 e. The molecule has 2 aromatic heterocycles. The van der Waals surface area contributed by atoms with Crippen LogP contribution in [0.15, 0.2) is 27.4 Å². The average Bonchev–Trinajstić information content (AvgIpc) is 3.17. The fourth-order valence-electron chi connectivity index (χ4n) is 2.60. The summed E-state index contributed by atoms with van der Waals surface area (Å²) in [7, 11) is 0. The number of carbonyl (C=O) groups excluding carboxylic acids is 1. The van der Waals surface area contributed by atoms with E-state index < -0.39 is 0 Å². The number of rotatable bonds is 3. The van der Waals surface area contributed by atoms with Crippen molar-refractivity contribution >= 4 is 17.2 Å². The Balaban J connectivity index is 1.83. The smallest absolute Gasteiger partial charge is 0.255 e. The summed E-state index contributed by atoms with van der Waals surface area (Å²) in [6.07, 6.45) is 1.98. The number of aromatic nitrogens is 1. The average molecular weight is 290 g/mol. The first-order valence-corrected chi connectivity index (χ1v) is 7.91. The largest absolute Gasteiger partial charge is 0.361 e. The molecule has 0 aromatic carbocycles. The highest BCUT2D eigenvalue weighted by molar-refractivity contribution is 7.08. The van der Waals surface area contributed by atoms with E-state index in [2.05, 4.69) is 19.0 Å². The minimum atomic E-state index is 0.0543. The van der Waals surface area contributed by atoms with Gasteiger partial charge >= 0.3 is 0 Å². The van der Waals surface area contributed by atoms with Gasteiger partial charge in [-0.3, -0.25) is 4.79 Å². The Bertz CT molecular complexity index is 589. The van der Waals surface area contributed by atoms with E-state index in [0.717, 1.165) is 36.4 Å². The fourth-order valence-corrected chi connectivity index (χ4v) is 3.23. The van der Waals surface area contributed by atoms with Gasteiger partial charge in [-0.1, -0.05) is 19.0 Å². The lowest BCUT2D eigenvalue weighted by Crippen LogP contribution is -2.30. The van der Waals surface area contributed by atoms with Gasteiger partial charge in [0.25, 0.3) is 5.91 Å². The zero-order valence-electron chi connectivity index (χ0n) is 11.7. The quantitative estimate of drug-likeness (QED) is 0.863. The molecule has 1 atom stereocenters. The normalized spacial score (nSPS) is 18.9. The van der Waals surface area contributed by atoms with Crippen molar-refractivity contribution < 1.29 is 9.32 Å². The van der Waals surface area contributed by atoms with Crippen LogP contribution in [0, 0.1) is 0 Å². The second-order valence-electron chi connectivity index (χ2n) is 5.48. The van der Waals surface area contributed by atoms with E-state index in [1.807, 2.05) is 27.8 Å². The van der Waals surface area contributed by atoms with Crippen LogP contribution in [-0.2, 0) is 0 Å². The van der Waals surface area contributed by atoms with Crippen molar-refractivity contribution in [3.63, 3.8) is 0 Å². The maximum absolute atomic E-state index is 12.5. The number of likely N-dealkylation sites (tertiary alicyclic amines) is 1. The van der Waals surface area contributed by atoms with Crippen molar-refractivity contribution in [2.24, 2.45) is 0 Å². The lowest BCUT2D eigenvalue weighted by Gasteiger charge is -2.22. The highest BCUT2D eigenvalue weighted by Crippen LogP contribution is 2.33. The molecular weight excluding hydrogens is 272 g/mol. The number of hydrogen-bond acceptors (Lipinski definition) is 4. The first kappa shape index (κ1) is 13.4. The van der Waals surface area contributed by atoms with Gasteiger partial charge in [0.15, 0.2) is 0 Å². The van der Waals surface area contributed by atoms with Crippen molar-refractivity contribution in [2.75, 3.05) is 6.54 Å². The molecule has 0 bridgehead atoms. The number of hydrogen-bond donors (Lipinski definition) is 0. The van der Waals surface area contributed by atoms with Crippen LogP contribution < -0.4 is 0 Å². The molecule has 3 rings (SSSR count). The molecule has 0 spiro atoms. The van der Waals surface area contributed by atoms with E-state index in [4.69, 9.17) is 4.52 Å². The molecule has 4 nitrogen and oxygen atoms in total. The molecule has 0 saturated carbocycles. The van der Waals surface area contributed by atoms with Crippen molar-refractivity contribution in [1.29, 1.82) is 0 Å². The van der Waals surface area contributed by atoms with Crippen LogP contribution in [0.4, 0.5) is 0 Å². The second kappa shape index (κ2) is 5.40. The van der Waals surface area contributed by atoms with Crippen LogP contribution in [0.5, 0.6) is 0 Å². The van der Waals surface area contributed by atoms with Gasteiger partial charge in [0.2, 0.25) is 0 Å². The number of carbonyl (C=O) groups is 1. The van der Waals surface area contributed by atoms with Crippen molar-refractivity contribution in [1.82, 2.24) is 10.1 Å². The SMILES string of the molecule is CC(C)c1cc([C@H]2CCCN2C(=O)c2ccsc2)no1. The Morgan fingerprint density at radius 2 is 2.40 bits per heavy atom. The Morgan fingerprint density at radius 1 is 1.55 bits per heavy atom. The summed E-state index contributed by atoms with van der Waals surface area (Å²) in [4.78, 5) is 14.4. The molecule has 0 N–H and O–H groups in total. The Kier molecular flexibility index (Phi) is 3.61. The van der Waals surface area contributed by atoms with Gasteiger partial charge in [-0.05, 0) is 24.3 Å². The summed E-state index contributed by atoms with van der Waals surface area (Å²) < 4.78 is 5.37. The number of amides is 1. The van der Waals surface area contributed by atoms with E-state index >= 15 is 0 Å². The van der Waals surface area contributed by atoms with Crippen LogP contribution >= 0.6 is 11.3 Å². The third-order valence-corrected chi connectivity index (χ3v) is 4.42. The molecule has 0 unspecified atom stereocenters. The van der Waals surface area contributed by atoms with Gasteiger partial charge in [-0.15, -0.1) is 0 Å². The molecular formula is C15H18N2O2S. The Hall–Kier alpha value is -1.62. The van der Waals surface area contributed by atoms with Crippen LogP contribution in [0.3, 0.4) is 0 Å². The van der Waals surface area contributed by atoms with Crippen molar-refractivity contribution in [2.45, 2.75) is 38.6 Å². The van der Waals surface area contributed by atoms with E-state index in [0.29, 0.717) is 5.92 Å². The van der Waals surface area contributed by atoms with Crippen molar-refractivity contribution in [3.8, 4) is 0 Å². The van der Waals surface area contributed by atoms with Gasteiger partial charge in [0.1, 0.15) is 11.5 Å². The van der Waals surface area contributed by atoms with Gasteiger partial charge < -0.3 is 9.42 Å². The molecule has 106 valence electrons. The highest BCUT2D eigenvalue weighted by atomic mass is 32.1. The third-order valence-electron chi connectivity index (χ3n) is 3.74.